The molecule has 2 aliphatic heterocycles. The van der Waals surface area contributed by atoms with Crippen molar-refractivity contribution in [3.63, 3.8) is 0 Å². The quantitative estimate of drug-likeness (QED) is 0.205. The van der Waals surface area contributed by atoms with Crippen LogP contribution in [0.1, 0.15) is 29.2 Å². The Morgan fingerprint density at radius 1 is 0.905 bits per heavy atom. The fraction of sp³-hybridized carbons (Fsp3) is 0.333. The van der Waals surface area contributed by atoms with E-state index in [2.05, 4.69) is 4.90 Å². The molecule has 1 amide bonds. The summed E-state index contributed by atoms with van der Waals surface area (Å²) in [6, 6.07) is 21.1. The van der Waals surface area contributed by atoms with Crippen LogP contribution >= 0.6 is 0 Å². The molecule has 0 aromatic heterocycles. The smallest absolute Gasteiger partial charge is 0.295 e. The molecule has 0 saturated carbocycles. The second-order valence-electron chi connectivity index (χ2n) is 10.2. The lowest BCUT2D eigenvalue weighted by molar-refractivity contribution is -0.140. The van der Waals surface area contributed by atoms with Gasteiger partial charge in [0.2, 0.25) is 0 Å². The van der Waals surface area contributed by atoms with Crippen LogP contribution in [0.15, 0.2) is 78.4 Å². The predicted octanol–water partition coefficient (Wildman–Crippen LogP) is 4.43. The van der Waals surface area contributed by atoms with Crippen LogP contribution in [0.3, 0.4) is 0 Å². The molecule has 0 bridgehead atoms. The Hall–Kier alpha value is -4.34. The van der Waals surface area contributed by atoms with E-state index in [0.29, 0.717) is 61.2 Å². The molecule has 0 spiro atoms. The van der Waals surface area contributed by atoms with Crippen molar-refractivity contribution in [3.05, 3.63) is 95.1 Å². The maximum absolute atomic E-state index is 13.5. The standard InChI is InChI=1S/C33H36N2O7/c1-39-26-11-6-10-25(20-26)31(36)29-30(35(33(38)32(29)37)15-7-14-34-16-18-41-19-17-34)24-12-13-27(28(21-24)40-2)42-22-23-8-4-3-5-9-23/h3-6,8-13,20-21,30,36H,7,14-19,22H2,1-2H3. The zero-order valence-corrected chi connectivity index (χ0v) is 24.0. The van der Waals surface area contributed by atoms with Crippen molar-refractivity contribution in [2.45, 2.75) is 19.1 Å². The average Bonchev–Trinajstić information content (AvgIpc) is 3.29. The van der Waals surface area contributed by atoms with E-state index in [0.717, 1.165) is 25.2 Å². The van der Waals surface area contributed by atoms with E-state index in [-0.39, 0.29) is 11.3 Å². The number of carbonyl (C=O) groups excluding carboxylic acids is 2. The minimum absolute atomic E-state index is 0.0274. The number of Topliss-reactive ketones (excluding diaryl/α,β-unsaturated/α-hetero) is 1. The number of aliphatic hydroxyl groups excluding tert-OH is 1. The van der Waals surface area contributed by atoms with Crippen LogP contribution in [0.2, 0.25) is 0 Å². The van der Waals surface area contributed by atoms with Gasteiger partial charge in [-0.15, -0.1) is 0 Å². The fourth-order valence-corrected chi connectivity index (χ4v) is 5.38. The van der Waals surface area contributed by atoms with Crippen molar-refractivity contribution in [1.82, 2.24) is 9.80 Å². The Morgan fingerprint density at radius 3 is 2.43 bits per heavy atom. The van der Waals surface area contributed by atoms with Crippen molar-refractivity contribution in [2.75, 3.05) is 53.6 Å². The molecule has 2 heterocycles. The zero-order valence-electron chi connectivity index (χ0n) is 24.0. The molecule has 220 valence electrons. The van der Waals surface area contributed by atoms with Gasteiger partial charge in [0.05, 0.1) is 39.0 Å². The highest BCUT2D eigenvalue weighted by atomic mass is 16.5. The average molecular weight is 573 g/mol. The van der Waals surface area contributed by atoms with Crippen LogP contribution in [0.25, 0.3) is 5.76 Å². The topological polar surface area (TPSA) is 97.8 Å². The number of hydrogen-bond donors (Lipinski definition) is 1. The second-order valence-corrected chi connectivity index (χ2v) is 10.2. The molecule has 9 heteroatoms. The molecular formula is C33H36N2O7. The number of methoxy groups -OCH3 is 2. The summed E-state index contributed by atoms with van der Waals surface area (Å²) in [6.45, 7) is 4.50. The van der Waals surface area contributed by atoms with E-state index in [1.165, 1.54) is 7.11 Å². The molecule has 2 fully saturated rings. The summed E-state index contributed by atoms with van der Waals surface area (Å²) < 4.78 is 22.5. The van der Waals surface area contributed by atoms with Crippen LogP contribution in [-0.4, -0.2) is 80.2 Å². The number of aliphatic hydroxyl groups is 1. The summed E-state index contributed by atoms with van der Waals surface area (Å²) in [7, 11) is 3.07. The van der Waals surface area contributed by atoms with Gasteiger partial charge in [-0.25, -0.2) is 0 Å². The molecule has 0 radical (unpaired) electrons. The van der Waals surface area contributed by atoms with Crippen LogP contribution in [-0.2, 0) is 20.9 Å². The SMILES string of the molecule is COc1cccc(C(O)=C2C(=O)C(=O)N(CCCN3CCOCC3)C2c2ccc(OCc3ccccc3)c(OC)c2)c1. The first-order valence-corrected chi connectivity index (χ1v) is 14.1. The maximum atomic E-state index is 13.5. The third-order valence-electron chi connectivity index (χ3n) is 7.60. The molecule has 1 N–H and O–H groups in total. The molecule has 5 rings (SSSR count). The second kappa shape index (κ2) is 13.5. The predicted molar refractivity (Wildman–Crippen MR) is 158 cm³/mol. The van der Waals surface area contributed by atoms with Crippen molar-refractivity contribution < 1.29 is 33.6 Å². The Balaban J connectivity index is 1.48. The number of hydrogen-bond acceptors (Lipinski definition) is 8. The Bertz CT molecular complexity index is 1430. The van der Waals surface area contributed by atoms with Crippen LogP contribution < -0.4 is 14.2 Å². The summed E-state index contributed by atoms with van der Waals surface area (Å²) in [5, 5.41) is 11.4. The molecule has 3 aromatic rings. The van der Waals surface area contributed by atoms with Gasteiger partial charge in [-0.3, -0.25) is 14.5 Å². The Kier molecular flexibility index (Phi) is 9.41. The number of ether oxygens (including phenoxy) is 4. The normalized spacial score (nSPS) is 18.7. The van der Waals surface area contributed by atoms with Gasteiger partial charge in [0, 0.05) is 31.7 Å². The summed E-state index contributed by atoms with van der Waals surface area (Å²) in [4.78, 5) is 30.8. The molecule has 1 unspecified atom stereocenters. The Labute approximate surface area is 245 Å². The van der Waals surface area contributed by atoms with Crippen molar-refractivity contribution >= 4 is 17.4 Å². The van der Waals surface area contributed by atoms with Gasteiger partial charge >= 0.3 is 0 Å². The third-order valence-corrected chi connectivity index (χ3v) is 7.60. The molecular weight excluding hydrogens is 536 g/mol. The summed E-state index contributed by atoms with van der Waals surface area (Å²) in [6.07, 6.45) is 0.665. The van der Waals surface area contributed by atoms with Crippen molar-refractivity contribution in [1.29, 1.82) is 0 Å². The molecule has 0 aliphatic carbocycles. The van der Waals surface area contributed by atoms with E-state index in [1.807, 2.05) is 36.4 Å². The van der Waals surface area contributed by atoms with Gasteiger partial charge in [0.15, 0.2) is 11.5 Å². The third kappa shape index (κ3) is 6.42. The maximum Gasteiger partial charge on any atom is 0.295 e. The van der Waals surface area contributed by atoms with Gasteiger partial charge in [-0.1, -0.05) is 48.5 Å². The lowest BCUT2D eigenvalue weighted by Crippen LogP contribution is -2.39. The molecule has 2 saturated heterocycles. The number of likely N-dealkylation sites (tertiary alicyclic amines) is 1. The van der Waals surface area contributed by atoms with E-state index < -0.39 is 17.7 Å². The van der Waals surface area contributed by atoms with Gasteiger partial charge in [0.1, 0.15) is 18.1 Å². The van der Waals surface area contributed by atoms with Crippen LogP contribution in [0.4, 0.5) is 0 Å². The number of ketones is 1. The van der Waals surface area contributed by atoms with Gasteiger partial charge in [-0.05, 0) is 41.8 Å². The zero-order chi connectivity index (χ0) is 29.5. The molecule has 42 heavy (non-hydrogen) atoms. The highest BCUT2D eigenvalue weighted by Crippen LogP contribution is 2.42. The van der Waals surface area contributed by atoms with Crippen molar-refractivity contribution in [3.8, 4) is 17.2 Å². The van der Waals surface area contributed by atoms with Crippen LogP contribution in [0, 0.1) is 0 Å². The van der Waals surface area contributed by atoms with Crippen LogP contribution in [0.5, 0.6) is 17.2 Å². The van der Waals surface area contributed by atoms with Gasteiger partial charge < -0.3 is 29.0 Å². The highest BCUT2D eigenvalue weighted by molar-refractivity contribution is 6.46. The largest absolute Gasteiger partial charge is 0.507 e. The van der Waals surface area contributed by atoms with E-state index in [9.17, 15) is 14.7 Å². The molecule has 2 aliphatic rings. The highest BCUT2D eigenvalue weighted by Gasteiger charge is 2.46. The number of nitrogens with zero attached hydrogens (tertiary/aromatic N) is 2. The number of carbonyl (C=O) groups is 2. The number of amides is 1. The lowest BCUT2D eigenvalue weighted by Gasteiger charge is -2.29. The minimum atomic E-state index is -0.807. The van der Waals surface area contributed by atoms with Gasteiger partial charge in [0.25, 0.3) is 11.7 Å². The summed E-state index contributed by atoms with van der Waals surface area (Å²) in [5.41, 5.74) is 2.06. The summed E-state index contributed by atoms with van der Waals surface area (Å²) >= 11 is 0. The number of morpholine rings is 1. The first-order valence-electron chi connectivity index (χ1n) is 14.1. The van der Waals surface area contributed by atoms with Gasteiger partial charge in [-0.2, -0.15) is 0 Å². The van der Waals surface area contributed by atoms with Crippen molar-refractivity contribution in [2.24, 2.45) is 0 Å². The monoisotopic (exact) mass is 572 g/mol. The van der Waals surface area contributed by atoms with E-state index >= 15 is 0 Å². The molecule has 3 aromatic carbocycles. The van der Waals surface area contributed by atoms with E-state index in [1.54, 1.807) is 48.4 Å². The molecule has 1 atom stereocenters. The van der Waals surface area contributed by atoms with E-state index in [4.69, 9.17) is 18.9 Å². The first kappa shape index (κ1) is 29.2. The molecule has 9 nitrogen and oxygen atoms in total. The summed E-state index contributed by atoms with van der Waals surface area (Å²) in [5.74, 6) is -0.107. The lowest BCUT2D eigenvalue weighted by atomic mass is 9.95. The number of rotatable bonds is 11. The Morgan fingerprint density at radius 2 is 1.69 bits per heavy atom. The first-order chi connectivity index (χ1) is 20.5. The fourth-order valence-electron chi connectivity index (χ4n) is 5.38. The number of benzene rings is 3. The minimum Gasteiger partial charge on any atom is -0.507 e.